The van der Waals surface area contributed by atoms with Gasteiger partial charge in [0.05, 0.1) is 7.11 Å². The lowest BCUT2D eigenvalue weighted by molar-refractivity contribution is 0.161. The van der Waals surface area contributed by atoms with E-state index in [9.17, 15) is 0 Å². The summed E-state index contributed by atoms with van der Waals surface area (Å²) in [5.74, 6) is 0.929. The molecule has 0 radical (unpaired) electrons. The molecule has 1 saturated heterocycles. The lowest BCUT2D eigenvalue weighted by atomic mass is 10.1. The Morgan fingerprint density at radius 2 is 2.12 bits per heavy atom. The summed E-state index contributed by atoms with van der Waals surface area (Å²) >= 11 is 0. The predicted molar refractivity (Wildman–Crippen MR) is 66.1 cm³/mol. The molecule has 2 N–H and O–H groups in total. The van der Waals surface area contributed by atoms with Gasteiger partial charge in [0, 0.05) is 18.7 Å². The molecule has 0 aromatic heterocycles. The molecule has 2 rings (SSSR count). The maximum atomic E-state index is 8.73. The first-order valence-electron chi connectivity index (χ1n) is 6.08. The number of likely N-dealkylation sites (tertiary alicyclic amines) is 1. The summed E-state index contributed by atoms with van der Waals surface area (Å²) in [6, 6.07) is 6.04. The van der Waals surface area contributed by atoms with Crippen LogP contribution in [0.2, 0.25) is 0 Å². The number of hydrogen-bond donors (Lipinski definition) is 2. The van der Waals surface area contributed by atoms with Crippen molar-refractivity contribution in [1.29, 1.82) is 0 Å². The molecule has 0 atom stereocenters. The molecule has 1 heterocycles. The van der Waals surface area contributed by atoms with Crippen molar-refractivity contribution in [3.05, 3.63) is 29.3 Å². The quantitative estimate of drug-likeness (QED) is 0.765. The first-order chi connectivity index (χ1) is 8.33. The number of hydroxylamine groups is 1. The first-order valence-corrected chi connectivity index (χ1v) is 6.08. The minimum absolute atomic E-state index is 0.469. The minimum Gasteiger partial charge on any atom is -0.496 e. The van der Waals surface area contributed by atoms with E-state index in [1.165, 1.54) is 31.5 Å². The van der Waals surface area contributed by atoms with Gasteiger partial charge in [0.15, 0.2) is 0 Å². The fourth-order valence-corrected chi connectivity index (χ4v) is 2.34. The van der Waals surface area contributed by atoms with Crippen LogP contribution in [0.3, 0.4) is 0 Å². The van der Waals surface area contributed by atoms with Crippen molar-refractivity contribution in [3.63, 3.8) is 0 Å². The van der Waals surface area contributed by atoms with E-state index in [1.807, 2.05) is 12.1 Å². The smallest absolute Gasteiger partial charge is 0.123 e. The van der Waals surface area contributed by atoms with Crippen molar-refractivity contribution in [3.8, 4) is 5.75 Å². The van der Waals surface area contributed by atoms with Crippen LogP contribution < -0.4 is 10.2 Å². The monoisotopic (exact) mass is 236 g/mol. The highest BCUT2D eigenvalue weighted by Crippen LogP contribution is 2.23. The second-order valence-corrected chi connectivity index (χ2v) is 4.46. The lowest BCUT2D eigenvalue weighted by Crippen LogP contribution is -2.19. The Hall–Kier alpha value is -1.10. The van der Waals surface area contributed by atoms with Gasteiger partial charge < -0.3 is 9.94 Å². The summed E-state index contributed by atoms with van der Waals surface area (Å²) in [4.78, 5) is 2.44. The van der Waals surface area contributed by atoms with Crippen LogP contribution in [0.1, 0.15) is 24.0 Å². The van der Waals surface area contributed by atoms with E-state index in [-0.39, 0.29) is 0 Å². The third-order valence-electron chi connectivity index (χ3n) is 3.22. The molecule has 4 heteroatoms. The summed E-state index contributed by atoms with van der Waals surface area (Å²) in [6.45, 7) is 3.75. The van der Waals surface area contributed by atoms with Crippen LogP contribution in [0, 0.1) is 0 Å². The Kier molecular flexibility index (Phi) is 4.36. The second-order valence-electron chi connectivity index (χ2n) is 4.46. The molecule has 17 heavy (non-hydrogen) atoms. The normalized spacial score (nSPS) is 16.4. The van der Waals surface area contributed by atoms with Crippen molar-refractivity contribution < 1.29 is 9.94 Å². The third-order valence-corrected chi connectivity index (χ3v) is 3.22. The molecule has 4 nitrogen and oxygen atoms in total. The first kappa shape index (κ1) is 12.4. The van der Waals surface area contributed by atoms with Crippen molar-refractivity contribution in [2.75, 3.05) is 20.2 Å². The number of nitrogens with one attached hydrogen (secondary N) is 1. The number of nitrogens with zero attached hydrogens (tertiary/aromatic N) is 1. The summed E-state index contributed by atoms with van der Waals surface area (Å²) < 4.78 is 5.38. The zero-order valence-corrected chi connectivity index (χ0v) is 10.3. The van der Waals surface area contributed by atoms with E-state index in [4.69, 9.17) is 9.94 Å². The van der Waals surface area contributed by atoms with Crippen LogP contribution in [-0.4, -0.2) is 30.3 Å². The molecule has 0 saturated carbocycles. The summed E-state index contributed by atoms with van der Waals surface area (Å²) in [5.41, 5.74) is 4.46. The largest absolute Gasteiger partial charge is 0.496 e. The van der Waals surface area contributed by atoms with Gasteiger partial charge in [0.25, 0.3) is 0 Å². The Labute approximate surface area is 102 Å². The molecule has 1 aromatic carbocycles. The highest BCUT2D eigenvalue weighted by molar-refractivity contribution is 5.37. The van der Waals surface area contributed by atoms with E-state index in [0.29, 0.717) is 6.54 Å². The molecule has 94 valence electrons. The minimum atomic E-state index is 0.469. The average molecular weight is 236 g/mol. The van der Waals surface area contributed by atoms with Gasteiger partial charge in [0.1, 0.15) is 5.75 Å². The zero-order valence-electron chi connectivity index (χ0n) is 10.3. The summed E-state index contributed by atoms with van der Waals surface area (Å²) in [5, 5.41) is 8.73. The molecular formula is C13H20N2O2. The maximum Gasteiger partial charge on any atom is 0.123 e. The molecule has 1 fully saturated rings. The molecule has 0 spiro atoms. The summed E-state index contributed by atoms with van der Waals surface area (Å²) in [7, 11) is 1.70. The van der Waals surface area contributed by atoms with Crippen molar-refractivity contribution >= 4 is 0 Å². The van der Waals surface area contributed by atoms with Crippen molar-refractivity contribution in [2.24, 2.45) is 0 Å². The number of benzene rings is 1. The van der Waals surface area contributed by atoms with Gasteiger partial charge in [-0.15, -0.1) is 0 Å². The van der Waals surface area contributed by atoms with Gasteiger partial charge in [-0.1, -0.05) is 6.07 Å². The highest BCUT2D eigenvalue weighted by Gasteiger charge is 2.14. The lowest BCUT2D eigenvalue weighted by Gasteiger charge is -2.17. The molecule has 0 bridgehead atoms. The van der Waals surface area contributed by atoms with Crippen LogP contribution >= 0.6 is 0 Å². The average Bonchev–Trinajstić information content (AvgIpc) is 2.83. The van der Waals surface area contributed by atoms with E-state index in [0.717, 1.165) is 17.9 Å². The number of ether oxygens (including phenoxy) is 1. The van der Waals surface area contributed by atoms with Gasteiger partial charge in [-0.25, -0.2) is 5.48 Å². The Morgan fingerprint density at radius 1 is 1.35 bits per heavy atom. The predicted octanol–water partition coefficient (Wildman–Crippen LogP) is 1.77. The number of rotatable bonds is 5. The zero-order chi connectivity index (χ0) is 12.1. The summed E-state index contributed by atoms with van der Waals surface area (Å²) in [6.07, 6.45) is 2.58. The number of hydrogen-bond acceptors (Lipinski definition) is 4. The Bertz CT molecular complexity index is 362. The highest BCUT2D eigenvalue weighted by atomic mass is 16.5. The topological polar surface area (TPSA) is 44.7 Å². The maximum absolute atomic E-state index is 8.73. The van der Waals surface area contributed by atoms with Gasteiger partial charge in [-0.3, -0.25) is 4.90 Å². The van der Waals surface area contributed by atoms with Gasteiger partial charge in [-0.05, 0) is 43.6 Å². The third kappa shape index (κ3) is 3.19. The molecule has 0 unspecified atom stereocenters. The molecule has 0 amide bonds. The van der Waals surface area contributed by atoms with Crippen LogP contribution in [0.5, 0.6) is 5.75 Å². The van der Waals surface area contributed by atoms with Crippen LogP contribution in [0.15, 0.2) is 18.2 Å². The van der Waals surface area contributed by atoms with Crippen LogP contribution in [0.4, 0.5) is 0 Å². The van der Waals surface area contributed by atoms with E-state index in [1.54, 1.807) is 7.11 Å². The molecule has 1 aliphatic rings. The van der Waals surface area contributed by atoms with E-state index < -0.39 is 0 Å². The molecule has 1 aliphatic heterocycles. The fourth-order valence-electron chi connectivity index (χ4n) is 2.34. The SMILES string of the molecule is COc1ccc(CNO)cc1CN1CCCC1. The van der Waals surface area contributed by atoms with Gasteiger partial charge in [0.2, 0.25) is 0 Å². The molecule has 1 aromatic rings. The van der Waals surface area contributed by atoms with Crippen molar-refractivity contribution in [2.45, 2.75) is 25.9 Å². The Balaban J connectivity index is 2.12. The van der Waals surface area contributed by atoms with E-state index >= 15 is 0 Å². The van der Waals surface area contributed by atoms with Gasteiger partial charge >= 0.3 is 0 Å². The molecule has 0 aliphatic carbocycles. The van der Waals surface area contributed by atoms with E-state index in [2.05, 4.69) is 16.4 Å². The number of methoxy groups -OCH3 is 1. The molecular weight excluding hydrogens is 216 g/mol. The van der Waals surface area contributed by atoms with Crippen molar-refractivity contribution in [1.82, 2.24) is 10.4 Å². The standard InChI is InChI=1S/C13H20N2O2/c1-17-13-5-4-11(9-14-16)8-12(13)10-15-6-2-3-7-15/h4-5,8,14,16H,2-3,6-7,9-10H2,1H3. The van der Waals surface area contributed by atoms with Gasteiger partial charge in [-0.2, -0.15) is 0 Å². The van der Waals surface area contributed by atoms with Crippen LogP contribution in [0.25, 0.3) is 0 Å². The Morgan fingerprint density at radius 3 is 2.76 bits per heavy atom. The fraction of sp³-hybridized carbons (Fsp3) is 0.538. The van der Waals surface area contributed by atoms with Crippen LogP contribution in [-0.2, 0) is 13.1 Å². The second kappa shape index (κ2) is 6.00.